The lowest BCUT2D eigenvalue weighted by Crippen LogP contribution is -2.53. The van der Waals surface area contributed by atoms with Crippen LogP contribution >= 0.6 is 12.2 Å². The number of benzene rings is 1. The van der Waals surface area contributed by atoms with Crippen LogP contribution in [0, 0.1) is 0 Å². The third-order valence-electron chi connectivity index (χ3n) is 2.45. The summed E-state index contributed by atoms with van der Waals surface area (Å²) in [4.78, 5) is 23.2. The average Bonchev–Trinajstić information content (AvgIpc) is 2.48. The van der Waals surface area contributed by atoms with E-state index in [9.17, 15) is 9.59 Å². The Hall–Kier alpha value is -2.41. The minimum absolute atomic E-state index is 0.150. The molecule has 0 bridgehead atoms. The van der Waals surface area contributed by atoms with Crippen LogP contribution < -0.4 is 21.5 Å². The van der Waals surface area contributed by atoms with Crippen molar-refractivity contribution < 1.29 is 9.59 Å². The van der Waals surface area contributed by atoms with Gasteiger partial charge < -0.3 is 10.6 Å². The molecular formula is C16H22N4O2S. The van der Waals surface area contributed by atoms with Gasteiger partial charge in [0.05, 0.1) is 6.54 Å². The van der Waals surface area contributed by atoms with Crippen molar-refractivity contribution in [1.82, 2.24) is 21.5 Å². The van der Waals surface area contributed by atoms with Crippen molar-refractivity contribution in [1.29, 1.82) is 0 Å². The van der Waals surface area contributed by atoms with E-state index in [1.165, 1.54) is 6.08 Å². The minimum Gasteiger partial charge on any atom is -0.357 e. The smallest absolute Gasteiger partial charge is 0.257 e. The topological polar surface area (TPSA) is 82.3 Å². The van der Waals surface area contributed by atoms with E-state index in [2.05, 4.69) is 21.5 Å². The van der Waals surface area contributed by atoms with Crippen LogP contribution in [0.5, 0.6) is 0 Å². The summed E-state index contributed by atoms with van der Waals surface area (Å²) < 4.78 is 0. The second kappa shape index (κ2) is 8.89. The number of thiocarbonyl (C=S) groups is 1. The van der Waals surface area contributed by atoms with Gasteiger partial charge in [-0.1, -0.05) is 30.3 Å². The van der Waals surface area contributed by atoms with Crippen LogP contribution in [0.2, 0.25) is 0 Å². The van der Waals surface area contributed by atoms with Crippen molar-refractivity contribution in [2.45, 2.75) is 26.3 Å². The second-order valence-electron chi connectivity index (χ2n) is 5.84. The van der Waals surface area contributed by atoms with Crippen molar-refractivity contribution in [3.63, 3.8) is 0 Å². The Morgan fingerprint density at radius 2 is 1.78 bits per heavy atom. The zero-order chi connectivity index (χ0) is 17.3. The van der Waals surface area contributed by atoms with Gasteiger partial charge in [-0.05, 0) is 44.6 Å². The first-order valence-corrected chi connectivity index (χ1v) is 7.55. The van der Waals surface area contributed by atoms with Crippen molar-refractivity contribution in [3.05, 3.63) is 42.0 Å². The molecule has 0 saturated carbocycles. The number of hydrogen-bond donors (Lipinski definition) is 4. The van der Waals surface area contributed by atoms with Crippen LogP contribution in [0.15, 0.2) is 36.4 Å². The highest BCUT2D eigenvalue weighted by Gasteiger charge is 2.11. The molecule has 2 amide bonds. The maximum atomic E-state index is 11.6. The molecule has 7 heteroatoms. The van der Waals surface area contributed by atoms with Gasteiger partial charge in [-0.3, -0.25) is 20.4 Å². The van der Waals surface area contributed by atoms with Crippen molar-refractivity contribution in [3.8, 4) is 0 Å². The van der Waals surface area contributed by atoms with E-state index in [1.807, 2.05) is 51.1 Å². The summed E-state index contributed by atoms with van der Waals surface area (Å²) >= 11 is 5.02. The zero-order valence-corrected chi connectivity index (χ0v) is 14.3. The van der Waals surface area contributed by atoms with E-state index in [4.69, 9.17) is 12.2 Å². The lowest BCUT2D eigenvalue weighted by molar-refractivity contribution is -0.124. The van der Waals surface area contributed by atoms with E-state index >= 15 is 0 Å². The van der Waals surface area contributed by atoms with E-state index in [-0.39, 0.29) is 18.0 Å². The zero-order valence-electron chi connectivity index (χ0n) is 13.5. The molecule has 0 aromatic heterocycles. The molecule has 0 heterocycles. The Bertz CT molecular complexity index is 579. The first-order chi connectivity index (χ1) is 10.8. The van der Waals surface area contributed by atoms with Gasteiger partial charge >= 0.3 is 0 Å². The molecule has 0 atom stereocenters. The Morgan fingerprint density at radius 3 is 2.39 bits per heavy atom. The lowest BCUT2D eigenvalue weighted by atomic mass is 10.1. The summed E-state index contributed by atoms with van der Waals surface area (Å²) in [6.07, 6.45) is 3.05. The highest BCUT2D eigenvalue weighted by Crippen LogP contribution is 2.00. The number of hydrogen-bond acceptors (Lipinski definition) is 3. The SMILES string of the molecule is CC(C)(C)NC(=S)NNC(=O)CNC(=O)/C=C/c1ccccc1. The van der Waals surface area contributed by atoms with E-state index in [0.29, 0.717) is 5.11 Å². The highest BCUT2D eigenvalue weighted by atomic mass is 32.1. The molecule has 0 fully saturated rings. The highest BCUT2D eigenvalue weighted by molar-refractivity contribution is 7.80. The van der Waals surface area contributed by atoms with Gasteiger partial charge in [0.2, 0.25) is 5.91 Å². The van der Waals surface area contributed by atoms with Gasteiger partial charge in [0.15, 0.2) is 5.11 Å². The first-order valence-electron chi connectivity index (χ1n) is 7.14. The fourth-order valence-electron chi connectivity index (χ4n) is 1.50. The summed E-state index contributed by atoms with van der Waals surface area (Å²) in [6.45, 7) is 5.69. The number of hydrazine groups is 1. The molecule has 23 heavy (non-hydrogen) atoms. The van der Waals surface area contributed by atoms with Gasteiger partial charge in [0, 0.05) is 11.6 Å². The number of amides is 2. The molecule has 1 rings (SSSR count). The normalized spacial score (nSPS) is 10.9. The largest absolute Gasteiger partial charge is 0.357 e. The van der Waals surface area contributed by atoms with Crippen LogP contribution in [0.4, 0.5) is 0 Å². The maximum Gasteiger partial charge on any atom is 0.257 e. The minimum atomic E-state index is -0.399. The summed E-state index contributed by atoms with van der Waals surface area (Å²) in [5.41, 5.74) is 5.68. The average molecular weight is 334 g/mol. The van der Waals surface area contributed by atoms with Gasteiger partial charge in [-0.15, -0.1) is 0 Å². The maximum absolute atomic E-state index is 11.6. The van der Waals surface area contributed by atoms with E-state index in [0.717, 1.165) is 5.56 Å². The molecule has 0 aliphatic heterocycles. The summed E-state index contributed by atoms with van der Waals surface area (Å²) in [5, 5.41) is 5.77. The van der Waals surface area contributed by atoms with Crippen molar-refractivity contribution >= 4 is 35.2 Å². The van der Waals surface area contributed by atoms with Crippen LogP contribution in [-0.2, 0) is 9.59 Å². The van der Waals surface area contributed by atoms with Gasteiger partial charge in [-0.2, -0.15) is 0 Å². The van der Waals surface area contributed by atoms with Gasteiger partial charge in [-0.25, -0.2) is 0 Å². The number of rotatable bonds is 4. The molecule has 0 unspecified atom stereocenters. The fraction of sp³-hybridized carbons (Fsp3) is 0.312. The number of carbonyl (C=O) groups is 2. The van der Waals surface area contributed by atoms with E-state index < -0.39 is 5.91 Å². The number of nitrogens with one attached hydrogen (secondary N) is 4. The molecule has 0 spiro atoms. The summed E-state index contributed by atoms with van der Waals surface area (Å²) in [5.74, 6) is -0.746. The molecular weight excluding hydrogens is 312 g/mol. The molecule has 4 N–H and O–H groups in total. The second-order valence-corrected chi connectivity index (χ2v) is 6.25. The third kappa shape index (κ3) is 9.26. The summed E-state index contributed by atoms with van der Waals surface area (Å²) in [7, 11) is 0. The molecule has 1 aromatic carbocycles. The Morgan fingerprint density at radius 1 is 1.13 bits per heavy atom. The quantitative estimate of drug-likeness (QED) is 0.377. The van der Waals surface area contributed by atoms with Crippen LogP contribution in [0.1, 0.15) is 26.3 Å². The Kier molecular flexibility index (Phi) is 7.21. The Balaban J connectivity index is 2.26. The standard InChI is InChI=1S/C16H22N4O2S/c1-16(2,3)18-15(23)20-19-14(22)11-17-13(21)10-9-12-7-5-4-6-8-12/h4-10H,11H2,1-3H3,(H,17,21)(H,19,22)(H2,18,20,23)/b10-9+. The van der Waals surface area contributed by atoms with Gasteiger partial charge in [0.25, 0.3) is 5.91 Å². The van der Waals surface area contributed by atoms with Gasteiger partial charge in [0.1, 0.15) is 0 Å². The van der Waals surface area contributed by atoms with Crippen LogP contribution in [0.3, 0.4) is 0 Å². The molecule has 124 valence electrons. The Labute approximate surface area is 141 Å². The predicted molar refractivity (Wildman–Crippen MR) is 95.3 cm³/mol. The molecule has 1 aromatic rings. The predicted octanol–water partition coefficient (Wildman–Crippen LogP) is 1.11. The monoisotopic (exact) mass is 334 g/mol. The first kappa shape index (κ1) is 18.6. The molecule has 0 aliphatic carbocycles. The molecule has 0 saturated heterocycles. The molecule has 0 radical (unpaired) electrons. The summed E-state index contributed by atoms with van der Waals surface area (Å²) in [6, 6.07) is 9.41. The van der Waals surface area contributed by atoms with E-state index in [1.54, 1.807) is 6.08 Å². The fourth-order valence-corrected chi connectivity index (χ4v) is 1.86. The third-order valence-corrected chi connectivity index (χ3v) is 2.66. The molecule has 6 nitrogen and oxygen atoms in total. The lowest BCUT2D eigenvalue weighted by Gasteiger charge is -2.23. The van der Waals surface area contributed by atoms with Crippen molar-refractivity contribution in [2.75, 3.05) is 6.54 Å². The van der Waals surface area contributed by atoms with Crippen molar-refractivity contribution in [2.24, 2.45) is 0 Å². The van der Waals surface area contributed by atoms with Crippen LogP contribution in [0.25, 0.3) is 6.08 Å². The van der Waals surface area contributed by atoms with Crippen LogP contribution in [-0.4, -0.2) is 29.0 Å². The molecule has 0 aliphatic rings. The number of carbonyl (C=O) groups excluding carboxylic acids is 2.